The normalized spacial score (nSPS) is 10.5. The SMILES string of the molecule is CCOC(=O)c1ncn2cc(F)ccc12. The Morgan fingerprint density at radius 2 is 2.40 bits per heavy atom. The summed E-state index contributed by atoms with van der Waals surface area (Å²) >= 11 is 0. The lowest BCUT2D eigenvalue weighted by Gasteiger charge is -1.98. The Morgan fingerprint density at radius 1 is 1.60 bits per heavy atom. The standard InChI is InChI=1S/C10H9FN2O2/c1-2-15-10(14)9-8-4-3-7(11)5-13(8)6-12-9/h3-6H,2H2,1H3. The summed E-state index contributed by atoms with van der Waals surface area (Å²) in [5.41, 5.74) is 0.742. The van der Waals surface area contributed by atoms with E-state index in [0.717, 1.165) is 0 Å². The van der Waals surface area contributed by atoms with Crippen LogP contribution in [-0.4, -0.2) is 22.0 Å². The van der Waals surface area contributed by atoms with Crippen LogP contribution in [0.5, 0.6) is 0 Å². The minimum absolute atomic E-state index is 0.205. The summed E-state index contributed by atoms with van der Waals surface area (Å²) in [5.74, 6) is -0.873. The molecule has 2 aromatic rings. The smallest absolute Gasteiger partial charge is 0.359 e. The van der Waals surface area contributed by atoms with E-state index < -0.39 is 5.97 Å². The van der Waals surface area contributed by atoms with E-state index in [2.05, 4.69) is 4.98 Å². The van der Waals surface area contributed by atoms with E-state index >= 15 is 0 Å². The third-order valence-corrected chi connectivity index (χ3v) is 1.96. The van der Waals surface area contributed by atoms with Gasteiger partial charge in [0, 0.05) is 6.20 Å². The summed E-state index contributed by atoms with van der Waals surface area (Å²) in [6.45, 7) is 2.01. The molecule has 0 N–H and O–H groups in total. The van der Waals surface area contributed by atoms with Crippen molar-refractivity contribution in [1.29, 1.82) is 0 Å². The van der Waals surface area contributed by atoms with Gasteiger partial charge in [-0.05, 0) is 19.1 Å². The topological polar surface area (TPSA) is 43.6 Å². The van der Waals surface area contributed by atoms with E-state index in [1.54, 1.807) is 6.92 Å². The van der Waals surface area contributed by atoms with Crippen LogP contribution in [0.25, 0.3) is 5.52 Å². The molecule has 0 unspecified atom stereocenters. The Bertz CT molecular complexity index is 507. The molecule has 15 heavy (non-hydrogen) atoms. The van der Waals surface area contributed by atoms with Crippen molar-refractivity contribution >= 4 is 11.5 Å². The summed E-state index contributed by atoms with van der Waals surface area (Å²) < 4.78 is 19.1. The first-order valence-corrected chi connectivity index (χ1v) is 4.51. The number of carbonyl (C=O) groups is 1. The molecule has 4 nitrogen and oxygen atoms in total. The maximum absolute atomic E-state index is 12.8. The molecule has 0 aromatic carbocycles. The number of aromatic nitrogens is 2. The highest BCUT2D eigenvalue weighted by atomic mass is 19.1. The van der Waals surface area contributed by atoms with Crippen molar-refractivity contribution in [3.8, 4) is 0 Å². The molecule has 78 valence electrons. The van der Waals surface area contributed by atoms with E-state index in [4.69, 9.17) is 4.74 Å². The molecule has 0 aliphatic carbocycles. The molecule has 0 aliphatic heterocycles. The Hall–Kier alpha value is -1.91. The van der Waals surface area contributed by atoms with E-state index in [1.807, 2.05) is 0 Å². The van der Waals surface area contributed by atoms with Gasteiger partial charge in [0.05, 0.1) is 12.1 Å². The fourth-order valence-corrected chi connectivity index (χ4v) is 1.33. The molecule has 0 saturated carbocycles. The quantitative estimate of drug-likeness (QED) is 0.705. The largest absolute Gasteiger partial charge is 0.461 e. The number of nitrogens with zero attached hydrogens (tertiary/aromatic N) is 2. The lowest BCUT2D eigenvalue weighted by Crippen LogP contribution is -2.05. The Labute approximate surface area is 85.3 Å². The predicted molar refractivity (Wildman–Crippen MR) is 51.1 cm³/mol. The molecule has 0 saturated heterocycles. The molecule has 0 fully saturated rings. The molecule has 0 spiro atoms. The summed E-state index contributed by atoms with van der Waals surface area (Å²) in [4.78, 5) is 15.3. The van der Waals surface area contributed by atoms with E-state index in [9.17, 15) is 9.18 Å². The number of hydrogen-bond acceptors (Lipinski definition) is 3. The summed E-state index contributed by atoms with van der Waals surface area (Å²) in [5, 5.41) is 0. The van der Waals surface area contributed by atoms with Crippen molar-refractivity contribution in [3.05, 3.63) is 36.2 Å². The van der Waals surface area contributed by atoms with Gasteiger partial charge in [0.15, 0.2) is 5.69 Å². The zero-order chi connectivity index (χ0) is 10.8. The molecule has 5 heteroatoms. The predicted octanol–water partition coefficient (Wildman–Crippen LogP) is 1.65. The van der Waals surface area contributed by atoms with Gasteiger partial charge >= 0.3 is 5.97 Å². The fourth-order valence-electron chi connectivity index (χ4n) is 1.33. The van der Waals surface area contributed by atoms with Crippen molar-refractivity contribution in [3.63, 3.8) is 0 Å². The van der Waals surface area contributed by atoms with Crippen molar-refractivity contribution in [2.24, 2.45) is 0 Å². The van der Waals surface area contributed by atoms with Crippen LogP contribution in [0, 0.1) is 5.82 Å². The Balaban J connectivity index is 2.49. The number of imidazole rings is 1. The number of fused-ring (bicyclic) bond motifs is 1. The summed E-state index contributed by atoms with van der Waals surface area (Å²) in [6, 6.07) is 2.77. The lowest BCUT2D eigenvalue weighted by molar-refractivity contribution is 0.0522. The van der Waals surface area contributed by atoms with E-state index in [0.29, 0.717) is 12.1 Å². The van der Waals surface area contributed by atoms with Gasteiger partial charge in [-0.25, -0.2) is 14.2 Å². The summed E-state index contributed by atoms with van der Waals surface area (Å²) in [7, 11) is 0. The third-order valence-electron chi connectivity index (χ3n) is 1.96. The van der Waals surface area contributed by atoms with Crippen LogP contribution >= 0.6 is 0 Å². The molecule has 0 radical (unpaired) electrons. The maximum Gasteiger partial charge on any atom is 0.359 e. The van der Waals surface area contributed by atoms with Gasteiger partial charge in [-0.2, -0.15) is 0 Å². The van der Waals surface area contributed by atoms with Gasteiger partial charge in [0.2, 0.25) is 0 Å². The van der Waals surface area contributed by atoms with Crippen molar-refractivity contribution < 1.29 is 13.9 Å². The average molecular weight is 208 g/mol. The number of carbonyl (C=O) groups excluding carboxylic acids is 1. The van der Waals surface area contributed by atoms with Gasteiger partial charge in [-0.1, -0.05) is 0 Å². The number of halogens is 1. The molecule has 0 amide bonds. The molecule has 0 atom stereocenters. The van der Waals surface area contributed by atoms with Gasteiger partial charge < -0.3 is 9.14 Å². The second kappa shape index (κ2) is 3.68. The van der Waals surface area contributed by atoms with Crippen LogP contribution < -0.4 is 0 Å². The fraction of sp³-hybridized carbons (Fsp3) is 0.200. The van der Waals surface area contributed by atoms with Crippen LogP contribution in [0.1, 0.15) is 17.4 Å². The first-order chi connectivity index (χ1) is 7.22. The van der Waals surface area contributed by atoms with Crippen LogP contribution in [0.4, 0.5) is 4.39 Å². The van der Waals surface area contributed by atoms with Gasteiger partial charge in [0.1, 0.15) is 12.1 Å². The van der Waals surface area contributed by atoms with Crippen molar-refractivity contribution in [1.82, 2.24) is 9.38 Å². The molecule has 2 heterocycles. The monoisotopic (exact) mass is 208 g/mol. The minimum atomic E-state index is -0.494. The summed E-state index contributed by atoms with van der Waals surface area (Å²) in [6.07, 6.45) is 2.63. The van der Waals surface area contributed by atoms with Crippen molar-refractivity contribution in [2.75, 3.05) is 6.61 Å². The highest BCUT2D eigenvalue weighted by molar-refractivity contribution is 5.94. The van der Waals surface area contributed by atoms with Crippen molar-refractivity contribution in [2.45, 2.75) is 6.92 Å². The number of ether oxygens (including phenoxy) is 1. The Kier molecular flexibility index (Phi) is 2.37. The molecule has 2 aromatic heterocycles. The lowest BCUT2D eigenvalue weighted by atomic mass is 10.3. The second-order valence-corrected chi connectivity index (χ2v) is 2.95. The molecular weight excluding hydrogens is 199 g/mol. The van der Waals surface area contributed by atoms with Crippen LogP contribution in [0.3, 0.4) is 0 Å². The van der Waals surface area contributed by atoms with Crippen LogP contribution in [0.2, 0.25) is 0 Å². The first kappa shape index (κ1) is 9.64. The third kappa shape index (κ3) is 1.68. The molecule has 0 bridgehead atoms. The number of pyridine rings is 1. The van der Waals surface area contributed by atoms with E-state index in [1.165, 1.54) is 29.1 Å². The van der Waals surface area contributed by atoms with Gasteiger partial charge in [0.25, 0.3) is 0 Å². The Morgan fingerprint density at radius 3 is 3.13 bits per heavy atom. The number of esters is 1. The zero-order valence-corrected chi connectivity index (χ0v) is 8.11. The number of rotatable bonds is 2. The van der Waals surface area contributed by atoms with Gasteiger partial charge in [-0.15, -0.1) is 0 Å². The van der Waals surface area contributed by atoms with Crippen LogP contribution in [-0.2, 0) is 4.74 Å². The van der Waals surface area contributed by atoms with Crippen LogP contribution in [0.15, 0.2) is 24.7 Å². The minimum Gasteiger partial charge on any atom is -0.461 e. The zero-order valence-electron chi connectivity index (χ0n) is 8.11. The highest BCUT2D eigenvalue weighted by Crippen LogP contribution is 2.11. The maximum atomic E-state index is 12.8. The van der Waals surface area contributed by atoms with E-state index in [-0.39, 0.29) is 11.5 Å². The molecule has 0 aliphatic rings. The first-order valence-electron chi connectivity index (χ1n) is 4.51. The molecular formula is C10H9FN2O2. The van der Waals surface area contributed by atoms with Gasteiger partial charge in [-0.3, -0.25) is 0 Å². The number of hydrogen-bond donors (Lipinski definition) is 0. The molecule has 2 rings (SSSR count). The second-order valence-electron chi connectivity index (χ2n) is 2.95. The highest BCUT2D eigenvalue weighted by Gasteiger charge is 2.14. The average Bonchev–Trinajstić information content (AvgIpc) is 2.60.